The fourth-order valence-corrected chi connectivity index (χ4v) is 5.03. The van der Waals surface area contributed by atoms with E-state index in [1.165, 1.54) is 6.92 Å². The van der Waals surface area contributed by atoms with Gasteiger partial charge in [0.1, 0.15) is 12.1 Å². The fraction of sp³-hybridized carbons (Fsp3) is 0.520. The minimum absolute atomic E-state index is 0.161. The zero-order valence-corrected chi connectivity index (χ0v) is 21.1. The molecular formula is C25H34N4O3S. The van der Waals surface area contributed by atoms with Crippen molar-refractivity contribution in [1.82, 2.24) is 20.5 Å². The van der Waals surface area contributed by atoms with Crippen molar-refractivity contribution in [3.8, 4) is 10.4 Å². The zero-order valence-electron chi connectivity index (χ0n) is 20.3. The molecule has 1 aliphatic rings. The maximum Gasteiger partial charge on any atom is 0.246 e. The number of carbonyl (C=O) groups excluding carboxylic acids is 3. The van der Waals surface area contributed by atoms with Gasteiger partial charge >= 0.3 is 0 Å². The molecule has 8 heteroatoms. The first kappa shape index (κ1) is 24.9. The van der Waals surface area contributed by atoms with Crippen molar-refractivity contribution in [2.75, 3.05) is 6.54 Å². The lowest BCUT2D eigenvalue weighted by Crippen LogP contribution is -2.57. The second-order valence-corrected chi connectivity index (χ2v) is 10.7. The largest absolute Gasteiger partial charge is 0.348 e. The molecule has 1 aromatic heterocycles. The Morgan fingerprint density at radius 3 is 2.36 bits per heavy atom. The molecular weight excluding hydrogens is 436 g/mol. The van der Waals surface area contributed by atoms with Crippen LogP contribution in [0.25, 0.3) is 10.4 Å². The summed E-state index contributed by atoms with van der Waals surface area (Å²) in [5.41, 5.74) is 4.49. The van der Waals surface area contributed by atoms with E-state index >= 15 is 0 Å². The first-order chi connectivity index (χ1) is 15.5. The summed E-state index contributed by atoms with van der Waals surface area (Å²) in [6.45, 7) is 11.6. The molecule has 33 heavy (non-hydrogen) atoms. The number of hydrogen-bond donors (Lipinski definition) is 2. The Kier molecular flexibility index (Phi) is 7.57. The summed E-state index contributed by atoms with van der Waals surface area (Å²) >= 11 is 1.61. The molecule has 2 heterocycles. The number of likely N-dealkylation sites (tertiary alicyclic amines) is 1. The van der Waals surface area contributed by atoms with E-state index in [4.69, 9.17) is 0 Å². The normalized spacial score (nSPS) is 18.0. The van der Waals surface area contributed by atoms with Crippen molar-refractivity contribution >= 4 is 29.1 Å². The number of rotatable bonds is 6. The number of nitrogens with one attached hydrogen (secondary N) is 2. The van der Waals surface area contributed by atoms with E-state index in [0.717, 1.165) is 28.1 Å². The molecule has 178 valence electrons. The van der Waals surface area contributed by atoms with Crippen LogP contribution in [-0.2, 0) is 14.4 Å². The van der Waals surface area contributed by atoms with Gasteiger partial charge in [0, 0.05) is 13.5 Å². The van der Waals surface area contributed by atoms with Crippen LogP contribution in [0.2, 0.25) is 0 Å². The van der Waals surface area contributed by atoms with E-state index < -0.39 is 17.5 Å². The van der Waals surface area contributed by atoms with Crippen LogP contribution in [-0.4, -0.2) is 46.2 Å². The highest BCUT2D eigenvalue weighted by molar-refractivity contribution is 7.13. The van der Waals surface area contributed by atoms with Crippen LogP contribution in [0.4, 0.5) is 0 Å². The molecule has 2 N–H and O–H groups in total. The Morgan fingerprint density at radius 2 is 1.82 bits per heavy atom. The second kappa shape index (κ2) is 10.0. The van der Waals surface area contributed by atoms with Gasteiger partial charge in [0.2, 0.25) is 17.7 Å². The molecule has 2 aromatic rings. The topological polar surface area (TPSA) is 91.4 Å². The van der Waals surface area contributed by atoms with Crippen LogP contribution in [0.15, 0.2) is 29.8 Å². The highest BCUT2D eigenvalue weighted by Crippen LogP contribution is 2.29. The average molecular weight is 471 g/mol. The summed E-state index contributed by atoms with van der Waals surface area (Å²) in [4.78, 5) is 45.2. The first-order valence-electron chi connectivity index (χ1n) is 11.4. The molecule has 0 bridgehead atoms. The smallest absolute Gasteiger partial charge is 0.246 e. The molecule has 0 radical (unpaired) electrons. The van der Waals surface area contributed by atoms with E-state index in [1.807, 2.05) is 64.4 Å². The third-order valence-electron chi connectivity index (χ3n) is 6.08. The van der Waals surface area contributed by atoms with Crippen LogP contribution < -0.4 is 10.6 Å². The van der Waals surface area contributed by atoms with Crippen molar-refractivity contribution in [2.24, 2.45) is 5.41 Å². The lowest BCUT2D eigenvalue weighted by Gasteiger charge is -2.35. The van der Waals surface area contributed by atoms with Crippen molar-refractivity contribution in [3.05, 3.63) is 41.0 Å². The van der Waals surface area contributed by atoms with Crippen LogP contribution >= 0.6 is 11.3 Å². The van der Waals surface area contributed by atoms with Crippen molar-refractivity contribution in [2.45, 2.75) is 72.5 Å². The number of hydrogen-bond acceptors (Lipinski definition) is 5. The Hall–Kier alpha value is -2.74. The molecule has 1 aliphatic heterocycles. The molecule has 3 rings (SSSR count). The maximum absolute atomic E-state index is 13.3. The molecule has 3 atom stereocenters. The quantitative estimate of drug-likeness (QED) is 0.671. The van der Waals surface area contributed by atoms with Gasteiger partial charge in [-0.1, -0.05) is 45.0 Å². The fourth-order valence-electron chi connectivity index (χ4n) is 4.22. The molecule has 7 nitrogen and oxygen atoms in total. The minimum atomic E-state index is -0.677. The third kappa shape index (κ3) is 5.79. The average Bonchev–Trinajstić information content (AvgIpc) is 3.40. The molecule has 0 spiro atoms. The zero-order chi connectivity index (χ0) is 24.3. The molecule has 0 aliphatic carbocycles. The SMILES string of the molecule is CC(=O)N[C@H](C(=O)N1CCCC1C(=O)NC(C)c1ccc(-c2scnc2C)cc1)C(C)(C)C. The van der Waals surface area contributed by atoms with Crippen molar-refractivity contribution in [3.63, 3.8) is 0 Å². The highest BCUT2D eigenvalue weighted by Gasteiger charge is 2.41. The van der Waals surface area contributed by atoms with E-state index in [0.29, 0.717) is 13.0 Å². The van der Waals surface area contributed by atoms with Crippen molar-refractivity contribution in [1.29, 1.82) is 0 Å². The van der Waals surface area contributed by atoms with Crippen LogP contribution in [0.1, 0.15) is 64.8 Å². The van der Waals surface area contributed by atoms with Gasteiger partial charge in [-0.15, -0.1) is 11.3 Å². The Balaban J connectivity index is 1.69. The molecule has 1 fully saturated rings. The van der Waals surface area contributed by atoms with Crippen LogP contribution in [0, 0.1) is 12.3 Å². The van der Waals surface area contributed by atoms with Crippen LogP contribution in [0.3, 0.4) is 0 Å². The molecule has 3 amide bonds. The monoisotopic (exact) mass is 470 g/mol. The predicted octanol–water partition coefficient (Wildman–Crippen LogP) is 3.84. The lowest BCUT2D eigenvalue weighted by molar-refractivity contribution is -0.143. The summed E-state index contributed by atoms with van der Waals surface area (Å²) in [6, 6.07) is 6.73. The summed E-state index contributed by atoms with van der Waals surface area (Å²) in [5, 5.41) is 5.85. The third-order valence-corrected chi connectivity index (χ3v) is 7.05. The van der Waals surface area contributed by atoms with Gasteiger partial charge < -0.3 is 15.5 Å². The number of thiazole rings is 1. The van der Waals surface area contributed by atoms with Crippen molar-refractivity contribution < 1.29 is 14.4 Å². The van der Waals surface area contributed by atoms with E-state index in [-0.39, 0.29) is 23.8 Å². The Bertz CT molecular complexity index is 1010. The van der Waals surface area contributed by atoms with Gasteiger partial charge in [-0.3, -0.25) is 14.4 Å². The van der Waals surface area contributed by atoms with E-state index in [2.05, 4.69) is 15.6 Å². The lowest BCUT2D eigenvalue weighted by atomic mass is 9.85. The standard InChI is InChI=1S/C25H34N4O3S/c1-15(18-9-11-19(12-10-18)21-16(2)26-14-33-21)27-23(31)20-8-7-13-29(20)24(32)22(25(4,5)6)28-17(3)30/h9-12,14-15,20,22H,7-8,13H2,1-6H3,(H,27,31)(H,28,30)/t15?,20?,22-/m1/s1. The number of aryl methyl sites for hydroxylation is 1. The summed E-state index contributed by atoms with van der Waals surface area (Å²) < 4.78 is 0. The van der Waals surface area contributed by atoms with Gasteiger partial charge in [0.25, 0.3) is 0 Å². The van der Waals surface area contributed by atoms with Gasteiger partial charge in [-0.2, -0.15) is 0 Å². The summed E-state index contributed by atoms with van der Waals surface area (Å²) in [5.74, 6) is -0.618. The summed E-state index contributed by atoms with van der Waals surface area (Å²) in [6.07, 6.45) is 1.38. The van der Waals surface area contributed by atoms with Gasteiger partial charge in [0.15, 0.2) is 0 Å². The number of nitrogens with zero attached hydrogens (tertiary/aromatic N) is 2. The maximum atomic E-state index is 13.3. The Labute approximate surface area is 200 Å². The highest BCUT2D eigenvalue weighted by atomic mass is 32.1. The second-order valence-electron chi connectivity index (χ2n) is 9.81. The number of aromatic nitrogens is 1. The van der Waals surface area contributed by atoms with Crippen LogP contribution in [0.5, 0.6) is 0 Å². The number of benzene rings is 1. The molecule has 0 saturated carbocycles. The number of carbonyl (C=O) groups is 3. The van der Waals surface area contributed by atoms with Gasteiger partial charge in [-0.25, -0.2) is 4.98 Å². The predicted molar refractivity (Wildman–Crippen MR) is 131 cm³/mol. The number of amides is 3. The summed E-state index contributed by atoms with van der Waals surface area (Å²) in [7, 11) is 0. The molecule has 2 unspecified atom stereocenters. The van der Waals surface area contributed by atoms with E-state index in [1.54, 1.807) is 16.2 Å². The Morgan fingerprint density at radius 1 is 1.15 bits per heavy atom. The first-order valence-corrected chi connectivity index (χ1v) is 12.3. The molecule has 1 aromatic carbocycles. The van der Waals surface area contributed by atoms with E-state index in [9.17, 15) is 14.4 Å². The van der Waals surface area contributed by atoms with Gasteiger partial charge in [-0.05, 0) is 43.2 Å². The van der Waals surface area contributed by atoms with Gasteiger partial charge in [0.05, 0.1) is 22.1 Å². The minimum Gasteiger partial charge on any atom is -0.348 e. The molecule has 1 saturated heterocycles.